The van der Waals surface area contributed by atoms with Crippen LogP contribution in [0.1, 0.15) is 112 Å². The maximum absolute atomic E-state index is 13.0. The molecular formula is C39H54O6. The Bertz CT molecular complexity index is 1420. The van der Waals surface area contributed by atoms with Crippen LogP contribution in [0.2, 0.25) is 0 Å². The summed E-state index contributed by atoms with van der Waals surface area (Å²) in [5.74, 6) is -0.230. The van der Waals surface area contributed by atoms with Crippen LogP contribution in [0.3, 0.4) is 0 Å². The molecule has 6 nitrogen and oxygen atoms in total. The number of fused-ring (bicyclic) bond motifs is 7. The van der Waals surface area contributed by atoms with E-state index < -0.39 is 35.0 Å². The number of carbonyl (C=O) groups is 2. The van der Waals surface area contributed by atoms with E-state index in [0.717, 1.165) is 56.9 Å². The van der Waals surface area contributed by atoms with Crippen molar-refractivity contribution in [2.45, 2.75) is 118 Å². The highest BCUT2D eigenvalue weighted by Crippen LogP contribution is 2.75. The molecule has 4 fully saturated rings. The second-order valence-corrected chi connectivity index (χ2v) is 17.6. The van der Waals surface area contributed by atoms with Crippen molar-refractivity contribution >= 4 is 18.0 Å². The van der Waals surface area contributed by atoms with Crippen molar-refractivity contribution in [1.29, 1.82) is 0 Å². The molecule has 0 unspecified atom stereocenters. The van der Waals surface area contributed by atoms with Crippen LogP contribution in [-0.2, 0) is 14.3 Å². The van der Waals surface area contributed by atoms with Crippen LogP contribution >= 0.6 is 0 Å². The zero-order valence-corrected chi connectivity index (χ0v) is 28.4. The molecule has 6 rings (SSSR count). The quantitative estimate of drug-likeness (QED) is 0.179. The highest BCUT2D eigenvalue weighted by Gasteiger charge is 2.70. The Morgan fingerprint density at radius 3 is 2.22 bits per heavy atom. The number of phenols is 1. The Kier molecular flexibility index (Phi) is 7.51. The zero-order valence-electron chi connectivity index (χ0n) is 28.4. The van der Waals surface area contributed by atoms with Gasteiger partial charge < -0.3 is 20.1 Å². The molecule has 246 valence electrons. The van der Waals surface area contributed by atoms with Crippen LogP contribution in [0.4, 0.5) is 0 Å². The van der Waals surface area contributed by atoms with Gasteiger partial charge in [0.1, 0.15) is 11.9 Å². The number of hydrogen-bond acceptors (Lipinski definition) is 5. The molecule has 0 aromatic heterocycles. The standard InChI is InChI=1S/C39H54O6/c1-34(2)18-20-39(33(43)44)21-19-37(6)26(27(39)22-34)13-14-30-36(5)23-28(41)32(35(3,4)29(36)16-17-38(30,37)7)45-31(42)15-10-24-8-11-25(40)12-9-24/h8-13,15,27-30,32,40-41H,14,16-23H2,1-7H3,(H,43,44)/b15-10-/t27-,28-,29-,30-,32+,36+,37-,38-,39+/m1/s1. The Hall–Kier alpha value is -2.60. The average Bonchev–Trinajstić information content (AvgIpc) is 2.94. The van der Waals surface area contributed by atoms with Gasteiger partial charge >= 0.3 is 11.9 Å². The van der Waals surface area contributed by atoms with Crippen LogP contribution in [0.15, 0.2) is 42.0 Å². The highest BCUT2D eigenvalue weighted by atomic mass is 16.6. The number of esters is 1. The predicted molar refractivity (Wildman–Crippen MR) is 175 cm³/mol. The van der Waals surface area contributed by atoms with Gasteiger partial charge in [0.25, 0.3) is 0 Å². The Morgan fingerprint density at radius 1 is 0.889 bits per heavy atom. The number of aliphatic hydroxyl groups is 1. The summed E-state index contributed by atoms with van der Waals surface area (Å²) in [5.41, 5.74) is 0.991. The van der Waals surface area contributed by atoms with Gasteiger partial charge in [0, 0.05) is 11.5 Å². The zero-order chi connectivity index (χ0) is 32.8. The number of hydrogen-bond donors (Lipinski definition) is 3. The highest BCUT2D eigenvalue weighted by molar-refractivity contribution is 5.87. The lowest BCUT2D eigenvalue weighted by atomic mass is 9.33. The number of rotatable bonds is 4. The fraction of sp³-hybridized carbons (Fsp3) is 0.692. The first kappa shape index (κ1) is 32.3. The third-order valence-electron chi connectivity index (χ3n) is 14.5. The van der Waals surface area contributed by atoms with Crippen molar-refractivity contribution in [1.82, 2.24) is 0 Å². The van der Waals surface area contributed by atoms with Crippen molar-refractivity contribution in [3.8, 4) is 5.75 Å². The summed E-state index contributed by atoms with van der Waals surface area (Å²) in [4.78, 5) is 26.0. The molecule has 45 heavy (non-hydrogen) atoms. The van der Waals surface area contributed by atoms with Crippen LogP contribution in [0, 0.1) is 50.2 Å². The van der Waals surface area contributed by atoms with Gasteiger partial charge in [0.05, 0.1) is 11.5 Å². The van der Waals surface area contributed by atoms with Gasteiger partial charge in [-0.3, -0.25) is 4.79 Å². The number of carbonyl (C=O) groups excluding carboxylic acids is 1. The smallest absolute Gasteiger partial charge is 0.331 e. The summed E-state index contributed by atoms with van der Waals surface area (Å²) in [7, 11) is 0. The van der Waals surface area contributed by atoms with Crippen molar-refractivity contribution in [2.75, 3.05) is 0 Å². The largest absolute Gasteiger partial charge is 0.508 e. The fourth-order valence-corrected chi connectivity index (χ4v) is 11.9. The lowest BCUT2D eigenvalue weighted by molar-refractivity contribution is -0.238. The lowest BCUT2D eigenvalue weighted by Gasteiger charge is -2.71. The van der Waals surface area contributed by atoms with Crippen molar-refractivity contribution in [3.05, 3.63) is 47.6 Å². The molecule has 9 atom stereocenters. The second-order valence-electron chi connectivity index (χ2n) is 17.6. The Morgan fingerprint density at radius 2 is 1.56 bits per heavy atom. The first-order valence-corrected chi connectivity index (χ1v) is 17.2. The molecule has 0 heterocycles. The van der Waals surface area contributed by atoms with E-state index in [-0.39, 0.29) is 39.2 Å². The lowest BCUT2D eigenvalue weighted by Crippen LogP contribution is -2.67. The number of aliphatic carboxylic acids is 1. The third kappa shape index (κ3) is 4.74. The van der Waals surface area contributed by atoms with Crippen LogP contribution in [0.25, 0.3) is 6.08 Å². The number of benzene rings is 1. The van der Waals surface area contributed by atoms with E-state index in [1.165, 1.54) is 11.6 Å². The molecule has 0 saturated heterocycles. The summed E-state index contributed by atoms with van der Waals surface area (Å²) >= 11 is 0. The van der Waals surface area contributed by atoms with Crippen molar-refractivity contribution < 1.29 is 29.6 Å². The number of phenolic OH excluding ortho intramolecular Hbond substituents is 1. The molecule has 5 aliphatic carbocycles. The first-order valence-electron chi connectivity index (χ1n) is 17.2. The minimum absolute atomic E-state index is 0.0131. The molecule has 0 spiro atoms. The molecule has 0 radical (unpaired) electrons. The molecule has 6 heteroatoms. The normalized spacial score (nSPS) is 43.2. The summed E-state index contributed by atoms with van der Waals surface area (Å²) in [6.07, 6.45) is 12.0. The van der Waals surface area contributed by atoms with Gasteiger partial charge in [-0.1, -0.05) is 72.2 Å². The number of allylic oxidation sites excluding steroid dienone is 2. The van der Waals surface area contributed by atoms with Gasteiger partial charge in [-0.15, -0.1) is 0 Å². The molecule has 1 aromatic carbocycles. The summed E-state index contributed by atoms with van der Waals surface area (Å²) in [6.45, 7) is 16.3. The van der Waals surface area contributed by atoms with Crippen LogP contribution < -0.4 is 0 Å². The van der Waals surface area contributed by atoms with E-state index in [0.29, 0.717) is 12.3 Å². The minimum atomic E-state index is -0.780. The van der Waals surface area contributed by atoms with Gasteiger partial charge in [-0.05, 0) is 121 Å². The van der Waals surface area contributed by atoms with Gasteiger partial charge in [-0.2, -0.15) is 0 Å². The first-order chi connectivity index (χ1) is 20.9. The maximum Gasteiger partial charge on any atom is 0.331 e. The van der Waals surface area contributed by atoms with Gasteiger partial charge in [-0.25, -0.2) is 4.79 Å². The maximum atomic E-state index is 13.0. The van der Waals surface area contributed by atoms with E-state index in [4.69, 9.17) is 4.74 Å². The Labute approximate surface area is 269 Å². The number of carboxylic acid groups (broad SMARTS) is 1. The topological polar surface area (TPSA) is 104 Å². The fourth-order valence-electron chi connectivity index (χ4n) is 11.9. The molecule has 0 bridgehead atoms. The third-order valence-corrected chi connectivity index (χ3v) is 14.5. The number of ether oxygens (including phenoxy) is 1. The number of aromatic hydroxyl groups is 1. The Balaban J connectivity index is 1.29. The molecule has 4 saturated carbocycles. The monoisotopic (exact) mass is 618 g/mol. The summed E-state index contributed by atoms with van der Waals surface area (Å²) in [5, 5.41) is 31.9. The van der Waals surface area contributed by atoms with Gasteiger partial charge in [0.15, 0.2) is 0 Å². The number of aliphatic hydroxyl groups excluding tert-OH is 1. The summed E-state index contributed by atoms with van der Waals surface area (Å²) in [6, 6.07) is 6.62. The van der Waals surface area contributed by atoms with Crippen LogP contribution in [0.5, 0.6) is 5.75 Å². The van der Waals surface area contributed by atoms with E-state index >= 15 is 0 Å². The molecule has 0 amide bonds. The van der Waals surface area contributed by atoms with Crippen LogP contribution in [-0.4, -0.2) is 39.5 Å². The van der Waals surface area contributed by atoms with E-state index in [9.17, 15) is 24.9 Å². The van der Waals surface area contributed by atoms with Crippen molar-refractivity contribution in [2.24, 2.45) is 50.2 Å². The number of carboxylic acids is 1. The SMILES string of the molecule is CC1(C)CC[C@]2(C(=O)O)CC[C@]3(C)C(=CC[C@@H]4[C@@]5(C)C[C@@H](O)[C@H](OC(=O)/C=C\c6ccc(O)cc6)C(C)(C)[C@H]5CC[C@]43C)[C@H]2C1. The summed E-state index contributed by atoms with van der Waals surface area (Å²) < 4.78 is 6.04. The molecular weight excluding hydrogens is 564 g/mol. The van der Waals surface area contributed by atoms with E-state index in [1.54, 1.807) is 30.3 Å². The molecule has 0 aliphatic heterocycles. The van der Waals surface area contributed by atoms with E-state index in [2.05, 4.69) is 54.5 Å². The molecule has 3 N–H and O–H groups in total. The van der Waals surface area contributed by atoms with Crippen molar-refractivity contribution in [3.63, 3.8) is 0 Å². The molecule has 1 aromatic rings. The second kappa shape index (κ2) is 10.5. The predicted octanol–water partition coefficient (Wildman–Crippen LogP) is 8.17. The minimum Gasteiger partial charge on any atom is -0.508 e. The average molecular weight is 619 g/mol. The van der Waals surface area contributed by atoms with E-state index in [1.807, 2.05) is 0 Å². The van der Waals surface area contributed by atoms with Gasteiger partial charge in [0.2, 0.25) is 0 Å². The molecule has 5 aliphatic rings.